The lowest BCUT2D eigenvalue weighted by atomic mass is 10.1. The molecule has 6 nitrogen and oxygen atoms in total. The first-order valence-electron chi connectivity index (χ1n) is 10.3. The number of amides is 1. The van der Waals surface area contributed by atoms with Crippen LogP contribution in [0.25, 0.3) is 0 Å². The Morgan fingerprint density at radius 3 is 2.59 bits per heavy atom. The fraction of sp³-hybridized carbons (Fsp3) is 0.208. The maximum Gasteiger partial charge on any atom is 0.231 e. The Morgan fingerprint density at radius 1 is 1.09 bits per heavy atom. The lowest BCUT2D eigenvalue weighted by Crippen LogP contribution is -2.18. The molecule has 0 saturated carbocycles. The highest BCUT2D eigenvalue weighted by Crippen LogP contribution is 2.17. The molecule has 32 heavy (non-hydrogen) atoms. The zero-order chi connectivity index (χ0) is 22.3. The summed E-state index contributed by atoms with van der Waals surface area (Å²) in [7, 11) is 0. The van der Waals surface area contributed by atoms with Crippen LogP contribution in [0, 0.1) is 5.82 Å². The lowest BCUT2D eigenvalue weighted by molar-refractivity contribution is -0.115. The number of aromatic nitrogens is 3. The van der Waals surface area contributed by atoms with Crippen LogP contribution in [-0.2, 0) is 30.8 Å². The Hall–Kier alpha value is -3.52. The van der Waals surface area contributed by atoms with Crippen molar-refractivity contribution in [2.24, 2.45) is 0 Å². The van der Waals surface area contributed by atoms with Crippen molar-refractivity contribution in [1.82, 2.24) is 14.8 Å². The molecule has 1 N–H and O–H groups in total. The van der Waals surface area contributed by atoms with Gasteiger partial charge < -0.3 is 10.1 Å². The average molecular weight is 451 g/mol. The van der Waals surface area contributed by atoms with E-state index in [-0.39, 0.29) is 24.8 Å². The Kier molecular flexibility index (Phi) is 6.91. The fourth-order valence-electron chi connectivity index (χ4n) is 3.14. The molecule has 0 aliphatic carbocycles. The van der Waals surface area contributed by atoms with Crippen LogP contribution < -0.4 is 10.1 Å². The Bertz CT molecular complexity index is 1170. The van der Waals surface area contributed by atoms with Crippen molar-refractivity contribution in [2.45, 2.75) is 32.9 Å². The molecule has 0 spiro atoms. The number of anilines is 1. The molecular formula is C24H23FN4O2S. The molecule has 0 radical (unpaired) electrons. The third kappa shape index (κ3) is 5.79. The number of nitrogens with one attached hydrogen (secondary N) is 1. The van der Waals surface area contributed by atoms with E-state index < -0.39 is 0 Å². The minimum Gasteiger partial charge on any atom is -0.486 e. The van der Waals surface area contributed by atoms with Crippen LogP contribution in [0.3, 0.4) is 0 Å². The van der Waals surface area contributed by atoms with Crippen LogP contribution in [0.2, 0.25) is 0 Å². The number of aryl methyl sites for hydroxylation is 1. The number of rotatable bonds is 9. The number of ether oxygens (including phenoxy) is 1. The predicted octanol–water partition coefficient (Wildman–Crippen LogP) is 4.85. The van der Waals surface area contributed by atoms with E-state index in [1.54, 1.807) is 29.1 Å². The number of thiazole rings is 1. The minimum absolute atomic E-state index is 0.156. The lowest BCUT2D eigenvalue weighted by Gasteiger charge is -2.09. The number of carbonyl (C=O) groups excluding carboxylic acids is 1. The van der Waals surface area contributed by atoms with Crippen LogP contribution in [0.4, 0.5) is 10.2 Å². The van der Waals surface area contributed by atoms with Gasteiger partial charge in [-0.1, -0.05) is 31.2 Å². The summed E-state index contributed by atoms with van der Waals surface area (Å²) in [6.45, 7) is 2.97. The van der Waals surface area contributed by atoms with E-state index in [9.17, 15) is 9.18 Å². The molecule has 0 saturated heterocycles. The fourth-order valence-corrected chi connectivity index (χ4v) is 3.85. The van der Waals surface area contributed by atoms with Crippen LogP contribution in [0.15, 0.2) is 66.2 Å². The van der Waals surface area contributed by atoms with Crippen LogP contribution in [0.5, 0.6) is 5.75 Å². The van der Waals surface area contributed by atoms with E-state index in [1.165, 1.54) is 29.0 Å². The van der Waals surface area contributed by atoms with E-state index in [2.05, 4.69) is 46.6 Å². The maximum atomic E-state index is 13.0. The molecule has 1 amide bonds. The monoisotopic (exact) mass is 450 g/mol. The maximum absolute atomic E-state index is 13.0. The molecule has 4 rings (SSSR count). The van der Waals surface area contributed by atoms with Crippen molar-refractivity contribution < 1.29 is 13.9 Å². The number of carbonyl (C=O) groups is 1. The second-order valence-electron chi connectivity index (χ2n) is 7.24. The third-order valence-electron chi connectivity index (χ3n) is 4.86. The molecule has 2 heterocycles. The van der Waals surface area contributed by atoms with Gasteiger partial charge in [-0.25, -0.2) is 14.1 Å². The van der Waals surface area contributed by atoms with Gasteiger partial charge in [0.2, 0.25) is 5.91 Å². The molecule has 0 atom stereocenters. The van der Waals surface area contributed by atoms with E-state index >= 15 is 0 Å². The van der Waals surface area contributed by atoms with E-state index in [4.69, 9.17) is 4.74 Å². The summed E-state index contributed by atoms with van der Waals surface area (Å²) < 4.78 is 20.3. The largest absolute Gasteiger partial charge is 0.486 e. The van der Waals surface area contributed by atoms with Crippen LogP contribution in [0.1, 0.15) is 28.8 Å². The number of hydrogen-bond donors (Lipinski definition) is 1. The normalized spacial score (nSPS) is 10.8. The van der Waals surface area contributed by atoms with Gasteiger partial charge in [0, 0.05) is 11.4 Å². The van der Waals surface area contributed by atoms with Crippen molar-refractivity contribution in [3.05, 3.63) is 93.8 Å². The molecule has 164 valence electrons. The van der Waals surface area contributed by atoms with Crippen LogP contribution >= 0.6 is 11.3 Å². The summed E-state index contributed by atoms with van der Waals surface area (Å²) in [5.74, 6) is 0.739. The summed E-state index contributed by atoms with van der Waals surface area (Å²) in [5, 5.41) is 9.83. The summed E-state index contributed by atoms with van der Waals surface area (Å²) in [6, 6.07) is 16.0. The van der Waals surface area contributed by atoms with Gasteiger partial charge in [-0.05, 0) is 41.8 Å². The molecule has 0 aliphatic rings. The topological polar surface area (TPSA) is 69.0 Å². The van der Waals surface area contributed by atoms with Gasteiger partial charge in [-0.3, -0.25) is 4.79 Å². The van der Waals surface area contributed by atoms with Gasteiger partial charge in [-0.15, -0.1) is 11.3 Å². The van der Waals surface area contributed by atoms with E-state index in [1.807, 2.05) is 5.38 Å². The second-order valence-corrected chi connectivity index (χ2v) is 8.19. The molecule has 0 aliphatic heterocycles. The SMILES string of the molecule is CCc1ccc(Cn2nccc2NC(=O)Cc2csc(COc3ccc(F)cc3)n2)cc1. The van der Waals surface area contributed by atoms with Crippen molar-refractivity contribution >= 4 is 23.1 Å². The van der Waals surface area contributed by atoms with E-state index in [0.29, 0.717) is 23.8 Å². The number of halogens is 1. The highest BCUT2D eigenvalue weighted by atomic mass is 32.1. The van der Waals surface area contributed by atoms with Crippen molar-refractivity contribution in [2.75, 3.05) is 5.32 Å². The smallest absolute Gasteiger partial charge is 0.231 e. The van der Waals surface area contributed by atoms with Gasteiger partial charge in [0.25, 0.3) is 0 Å². The number of benzene rings is 2. The molecule has 2 aromatic carbocycles. The van der Waals surface area contributed by atoms with Gasteiger partial charge in [-0.2, -0.15) is 5.10 Å². The van der Waals surface area contributed by atoms with Crippen molar-refractivity contribution in [3.8, 4) is 5.75 Å². The molecule has 4 aromatic rings. The first kappa shape index (κ1) is 21.7. The van der Waals surface area contributed by atoms with Crippen molar-refractivity contribution in [3.63, 3.8) is 0 Å². The number of hydrogen-bond acceptors (Lipinski definition) is 5. The molecule has 8 heteroatoms. The summed E-state index contributed by atoms with van der Waals surface area (Å²) in [5.41, 5.74) is 3.08. The zero-order valence-corrected chi connectivity index (χ0v) is 18.4. The molecule has 0 bridgehead atoms. The van der Waals surface area contributed by atoms with Gasteiger partial charge >= 0.3 is 0 Å². The standard InChI is InChI=1S/C24H23FN4O2S/c1-2-17-3-5-18(6-4-17)14-29-22(11-12-26-29)28-23(30)13-20-16-32-24(27-20)15-31-21-9-7-19(25)8-10-21/h3-12,16H,2,13-15H2,1H3,(H,28,30). The Labute approximate surface area is 189 Å². The molecule has 2 aromatic heterocycles. The predicted molar refractivity (Wildman–Crippen MR) is 122 cm³/mol. The highest BCUT2D eigenvalue weighted by molar-refractivity contribution is 7.09. The first-order valence-corrected chi connectivity index (χ1v) is 11.2. The summed E-state index contributed by atoms with van der Waals surface area (Å²) in [6.07, 6.45) is 2.83. The average Bonchev–Trinajstić information content (AvgIpc) is 3.43. The Morgan fingerprint density at radius 2 is 1.84 bits per heavy atom. The van der Waals surface area contributed by atoms with Gasteiger partial charge in [0.15, 0.2) is 0 Å². The molecule has 0 unspecified atom stereocenters. The summed E-state index contributed by atoms with van der Waals surface area (Å²) in [4.78, 5) is 17.0. The summed E-state index contributed by atoms with van der Waals surface area (Å²) >= 11 is 1.42. The van der Waals surface area contributed by atoms with Gasteiger partial charge in [0.1, 0.15) is 29.0 Å². The van der Waals surface area contributed by atoms with E-state index in [0.717, 1.165) is 17.0 Å². The first-order chi connectivity index (χ1) is 15.6. The molecule has 0 fully saturated rings. The second kappa shape index (κ2) is 10.2. The third-order valence-corrected chi connectivity index (χ3v) is 5.74. The van der Waals surface area contributed by atoms with Crippen LogP contribution in [-0.4, -0.2) is 20.7 Å². The van der Waals surface area contributed by atoms with Crippen molar-refractivity contribution in [1.29, 1.82) is 0 Å². The highest BCUT2D eigenvalue weighted by Gasteiger charge is 2.12. The van der Waals surface area contributed by atoms with Gasteiger partial charge in [0.05, 0.1) is 24.9 Å². The minimum atomic E-state index is -0.310. The molecular weight excluding hydrogens is 427 g/mol. The zero-order valence-electron chi connectivity index (χ0n) is 17.6. The number of nitrogens with zero attached hydrogens (tertiary/aromatic N) is 3. The Balaban J connectivity index is 1.30. The quantitative estimate of drug-likeness (QED) is 0.396.